The van der Waals surface area contributed by atoms with Crippen molar-refractivity contribution >= 4 is 0 Å². The van der Waals surface area contributed by atoms with Crippen molar-refractivity contribution in [3.63, 3.8) is 0 Å². The molecule has 0 saturated carbocycles. The Morgan fingerprint density at radius 1 is 1.55 bits per heavy atom. The van der Waals surface area contributed by atoms with Crippen LogP contribution in [-0.4, -0.2) is 4.98 Å². The monoisotopic (exact) mass is 158 g/mol. The molecular formula is C7H8F2N2. The van der Waals surface area contributed by atoms with Gasteiger partial charge in [-0.05, 0) is 18.6 Å². The highest BCUT2D eigenvalue weighted by molar-refractivity contribution is 5.14. The predicted molar refractivity (Wildman–Crippen MR) is 36.8 cm³/mol. The molecule has 1 unspecified atom stereocenters. The zero-order chi connectivity index (χ0) is 8.43. The molecule has 4 heteroatoms. The maximum absolute atomic E-state index is 12.4. The number of nitrogens with two attached hydrogens (primary N) is 1. The zero-order valence-corrected chi connectivity index (χ0v) is 6.01. The van der Waals surface area contributed by atoms with Crippen LogP contribution in [0.2, 0.25) is 0 Å². The number of halogens is 2. The molecule has 0 bridgehead atoms. The second kappa shape index (κ2) is 2.92. The molecule has 0 radical (unpaired) electrons. The van der Waals surface area contributed by atoms with Gasteiger partial charge in [0.1, 0.15) is 0 Å². The Morgan fingerprint density at radius 3 is 2.64 bits per heavy atom. The summed E-state index contributed by atoms with van der Waals surface area (Å²) in [6.45, 7) is 1.67. The summed E-state index contributed by atoms with van der Waals surface area (Å²) in [5, 5.41) is 0. The Labute approximate surface area is 63.1 Å². The minimum Gasteiger partial charge on any atom is -0.324 e. The van der Waals surface area contributed by atoms with Gasteiger partial charge in [0, 0.05) is 12.2 Å². The fourth-order valence-corrected chi connectivity index (χ4v) is 0.685. The second-order valence-corrected chi connectivity index (χ2v) is 2.33. The van der Waals surface area contributed by atoms with Gasteiger partial charge in [-0.3, -0.25) is 0 Å². The van der Waals surface area contributed by atoms with Crippen molar-refractivity contribution in [2.24, 2.45) is 5.73 Å². The molecule has 1 aromatic heterocycles. The van der Waals surface area contributed by atoms with Crippen LogP contribution in [0.25, 0.3) is 0 Å². The van der Waals surface area contributed by atoms with E-state index in [9.17, 15) is 8.78 Å². The van der Waals surface area contributed by atoms with E-state index in [-0.39, 0.29) is 6.04 Å². The minimum absolute atomic E-state index is 0.322. The molecule has 1 heterocycles. The van der Waals surface area contributed by atoms with Crippen molar-refractivity contribution in [1.82, 2.24) is 4.98 Å². The van der Waals surface area contributed by atoms with Gasteiger partial charge in [0.15, 0.2) is 5.82 Å². The van der Waals surface area contributed by atoms with E-state index in [1.165, 1.54) is 6.20 Å². The fraction of sp³-hybridized carbons (Fsp3) is 0.286. The quantitative estimate of drug-likeness (QED) is 0.627. The van der Waals surface area contributed by atoms with Gasteiger partial charge >= 0.3 is 0 Å². The highest BCUT2D eigenvalue weighted by Gasteiger charge is 2.05. The first-order valence-corrected chi connectivity index (χ1v) is 3.18. The molecule has 0 aliphatic carbocycles. The smallest absolute Gasteiger partial charge is 0.248 e. The van der Waals surface area contributed by atoms with E-state index in [1.54, 1.807) is 6.92 Å². The van der Waals surface area contributed by atoms with E-state index in [1.807, 2.05) is 0 Å². The lowest BCUT2D eigenvalue weighted by molar-refractivity contribution is 0.476. The highest BCUT2D eigenvalue weighted by Crippen LogP contribution is 2.10. The number of pyridine rings is 1. The maximum Gasteiger partial charge on any atom is 0.248 e. The molecule has 0 saturated heterocycles. The molecular weight excluding hydrogens is 150 g/mol. The van der Waals surface area contributed by atoms with Crippen molar-refractivity contribution in [3.8, 4) is 0 Å². The number of rotatable bonds is 1. The van der Waals surface area contributed by atoms with Gasteiger partial charge in [-0.15, -0.1) is 0 Å². The van der Waals surface area contributed by atoms with Gasteiger partial charge in [0.2, 0.25) is 5.95 Å². The van der Waals surface area contributed by atoms with Crippen molar-refractivity contribution in [1.29, 1.82) is 0 Å². The Hall–Kier alpha value is -1.03. The molecule has 0 aliphatic rings. The Kier molecular flexibility index (Phi) is 2.14. The molecule has 2 nitrogen and oxygen atoms in total. The van der Waals surface area contributed by atoms with Gasteiger partial charge in [-0.1, -0.05) is 0 Å². The average Bonchev–Trinajstić information content (AvgIpc) is 1.94. The predicted octanol–water partition coefficient (Wildman–Crippen LogP) is 1.38. The number of nitrogens with zero attached hydrogens (tertiary/aromatic N) is 1. The van der Waals surface area contributed by atoms with E-state index in [0.29, 0.717) is 5.56 Å². The molecule has 0 aromatic carbocycles. The molecule has 0 aliphatic heterocycles. The van der Waals surface area contributed by atoms with Gasteiger partial charge < -0.3 is 5.73 Å². The lowest BCUT2D eigenvalue weighted by Gasteiger charge is -2.03. The SMILES string of the molecule is CC(N)c1cnc(F)c(F)c1. The van der Waals surface area contributed by atoms with Crippen LogP contribution in [0.1, 0.15) is 18.5 Å². The summed E-state index contributed by atoms with van der Waals surface area (Å²) >= 11 is 0. The highest BCUT2D eigenvalue weighted by atomic mass is 19.2. The molecule has 1 atom stereocenters. The topological polar surface area (TPSA) is 38.9 Å². The van der Waals surface area contributed by atoms with Gasteiger partial charge in [-0.25, -0.2) is 9.37 Å². The second-order valence-electron chi connectivity index (χ2n) is 2.33. The van der Waals surface area contributed by atoms with Crippen molar-refractivity contribution < 1.29 is 8.78 Å². The maximum atomic E-state index is 12.4. The standard InChI is InChI=1S/C7H8F2N2/c1-4(10)5-2-6(8)7(9)11-3-5/h2-4H,10H2,1H3. The Morgan fingerprint density at radius 2 is 2.18 bits per heavy atom. The third-order valence-corrected chi connectivity index (χ3v) is 1.34. The zero-order valence-electron chi connectivity index (χ0n) is 6.01. The van der Waals surface area contributed by atoms with E-state index in [2.05, 4.69) is 4.98 Å². The molecule has 0 spiro atoms. The van der Waals surface area contributed by atoms with Crippen LogP contribution >= 0.6 is 0 Å². The molecule has 60 valence electrons. The van der Waals surface area contributed by atoms with Crippen molar-refractivity contribution in [2.45, 2.75) is 13.0 Å². The number of hydrogen-bond donors (Lipinski definition) is 1. The first-order valence-electron chi connectivity index (χ1n) is 3.18. The minimum atomic E-state index is -1.09. The number of hydrogen-bond acceptors (Lipinski definition) is 2. The van der Waals surface area contributed by atoms with Crippen molar-refractivity contribution in [3.05, 3.63) is 29.6 Å². The van der Waals surface area contributed by atoms with E-state index in [4.69, 9.17) is 5.73 Å². The summed E-state index contributed by atoms with van der Waals surface area (Å²) in [6, 6.07) is 0.727. The third kappa shape index (κ3) is 1.71. The first kappa shape index (κ1) is 8.07. The Bertz CT molecular complexity index is 261. The van der Waals surface area contributed by atoms with Crippen LogP contribution in [0.3, 0.4) is 0 Å². The Balaban J connectivity index is 3.05. The molecule has 1 rings (SSSR count). The van der Waals surface area contributed by atoms with Gasteiger partial charge in [0.05, 0.1) is 0 Å². The van der Waals surface area contributed by atoms with Gasteiger partial charge in [0.25, 0.3) is 0 Å². The van der Waals surface area contributed by atoms with Crippen LogP contribution in [0.4, 0.5) is 8.78 Å². The molecule has 2 N–H and O–H groups in total. The largest absolute Gasteiger partial charge is 0.324 e. The molecule has 0 amide bonds. The summed E-state index contributed by atoms with van der Waals surface area (Å²) in [5.74, 6) is -2.05. The average molecular weight is 158 g/mol. The lowest BCUT2D eigenvalue weighted by Crippen LogP contribution is -2.06. The van der Waals surface area contributed by atoms with Crippen LogP contribution in [-0.2, 0) is 0 Å². The summed E-state index contributed by atoms with van der Waals surface area (Å²) < 4.78 is 24.7. The van der Waals surface area contributed by atoms with Crippen LogP contribution in [0, 0.1) is 11.8 Å². The first-order chi connectivity index (χ1) is 5.11. The third-order valence-electron chi connectivity index (χ3n) is 1.34. The van der Waals surface area contributed by atoms with Gasteiger partial charge in [-0.2, -0.15) is 4.39 Å². The summed E-state index contributed by atoms with van der Waals surface area (Å²) in [5.41, 5.74) is 5.89. The van der Waals surface area contributed by atoms with Crippen LogP contribution < -0.4 is 5.73 Å². The molecule has 11 heavy (non-hydrogen) atoms. The summed E-state index contributed by atoms with van der Waals surface area (Å²) in [7, 11) is 0. The van der Waals surface area contributed by atoms with E-state index in [0.717, 1.165) is 6.07 Å². The normalized spacial score (nSPS) is 13.1. The van der Waals surface area contributed by atoms with Crippen molar-refractivity contribution in [2.75, 3.05) is 0 Å². The summed E-state index contributed by atoms with van der Waals surface area (Å²) in [6.07, 6.45) is 1.23. The van der Waals surface area contributed by atoms with E-state index < -0.39 is 11.8 Å². The molecule has 0 fully saturated rings. The van der Waals surface area contributed by atoms with Crippen LogP contribution in [0.5, 0.6) is 0 Å². The fourth-order valence-electron chi connectivity index (χ4n) is 0.685. The molecule has 1 aromatic rings. The lowest BCUT2D eigenvalue weighted by atomic mass is 10.1. The number of aromatic nitrogens is 1. The van der Waals surface area contributed by atoms with Crippen LogP contribution in [0.15, 0.2) is 12.3 Å². The summed E-state index contributed by atoms with van der Waals surface area (Å²) in [4.78, 5) is 3.18. The van der Waals surface area contributed by atoms with E-state index >= 15 is 0 Å².